The first-order valence-corrected chi connectivity index (χ1v) is 11.2. The van der Waals surface area contributed by atoms with Crippen molar-refractivity contribution in [1.82, 2.24) is 24.5 Å². The second-order valence-corrected chi connectivity index (χ2v) is 7.82. The number of methoxy groups -OCH3 is 1. The monoisotopic (exact) mass is 481 g/mol. The Morgan fingerprint density at radius 1 is 0.944 bits per heavy atom. The highest BCUT2D eigenvalue weighted by atomic mass is 16.5. The number of carbonyl (C=O) groups excluding carboxylic acids is 1. The zero-order chi connectivity index (χ0) is 24.9. The first-order chi connectivity index (χ1) is 17.6. The lowest BCUT2D eigenvalue weighted by Gasteiger charge is -2.11. The summed E-state index contributed by atoms with van der Waals surface area (Å²) < 4.78 is 12.2. The zero-order valence-corrected chi connectivity index (χ0v) is 19.7. The van der Waals surface area contributed by atoms with Crippen LogP contribution in [0, 0.1) is 0 Å². The molecule has 10 nitrogen and oxygen atoms in total. The fourth-order valence-corrected chi connectivity index (χ4v) is 3.66. The third-order valence-electron chi connectivity index (χ3n) is 5.28. The molecule has 0 saturated heterocycles. The number of hydrogen-bond donors (Lipinski definition) is 2. The highest BCUT2D eigenvalue weighted by Gasteiger charge is 2.15. The maximum absolute atomic E-state index is 11.3. The van der Waals surface area contributed by atoms with E-state index in [1.54, 1.807) is 25.3 Å². The molecular weight excluding hydrogens is 458 g/mol. The smallest absolute Gasteiger partial charge is 0.308 e. The van der Waals surface area contributed by atoms with Gasteiger partial charge < -0.3 is 20.1 Å². The van der Waals surface area contributed by atoms with Crippen LogP contribution >= 0.6 is 0 Å². The molecule has 36 heavy (non-hydrogen) atoms. The number of nitrogens with one attached hydrogen (secondary N) is 2. The highest BCUT2D eigenvalue weighted by Crippen LogP contribution is 2.25. The Morgan fingerprint density at radius 3 is 2.58 bits per heavy atom. The third kappa shape index (κ3) is 5.07. The van der Waals surface area contributed by atoms with Crippen molar-refractivity contribution in [2.75, 3.05) is 17.7 Å². The van der Waals surface area contributed by atoms with Crippen LogP contribution in [0.1, 0.15) is 12.5 Å². The van der Waals surface area contributed by atoms with Crippen molar-refractivity contribution >= 4 is 34.6 Å². The number of anilines is 3. The van der Waals surface area contributed by atoms with E-state index >= 15 is 0 Å². The summed E-state index contributed by atoms with van der Waals surface area (Å²) in [5.74, 6) is 2.16. The standard InChI is InChI=1S/C26H23N7O3/c1-17(34)36-21-7-5-6-19(14-21)30-24-28-16-29-26(32-24)33-23-9-4-3-8-22(23)31-25(33)27-15-18-10-12-20(35-2)13-11-18/h3-14,16H,15H2,1-2H3,(H,27,31)(H,28,29,30,32). The van der Waals surface area contributed by atoms with Gasteiger partial charge in [0, 0.05) is 25.2 Å². The van der Waals surface area contributed by atoms with Gasteiger partial charge >= 0.3 is 5.97 Å². The van der Waals surface area contributed by atoms with E-state index in [0.717, 1.165) is 22.3 Å². The van der Waals surface area contributed by atoms with Crippen LogP contribution in [0.15, 0.2) is 79.1 Å². The minimum Gasteiger partial charge on any atom is -0.497 e. The molecule has 0 aliphatic heterocycles. The molecule has 0 bridgehead atoms. The number of para-hydroxylation sites is 2. The fourth-order valence-electron chi connectivity index (χ4n) is 3.66. The minimum atomic E-state index is -0.392. The molecule has 0 fully saturated rings. The lowest BCUT2D eigenvalue weighted by Crippen LogP contribution is -2.10. The van der Waals surface area contributed by atoms with Gasteiger partial charge in [-0.2, -0.15) is 4.98 Å². The number of ether oxygens (including phenoxy) is 2. The number of fused-ring (bicyclic) bond motifs is 1. The van der Waals surface area contributed by atoms with E-state index in [-0.39, 0.29) is 0 Å². The molecule has 5 aromatic rings. The van der Waals surface area contributed by atoms with Crippen LogP contribution in [-0.2, 0) is 11.3 Å². The summed E-state index contributed by atoms with van der Waals surface area (Å²) in [6.45, 7) is 1.90. The molecule has 180 valence electrons. The van der Waals surface area contributed by atoms with Gasteiger partial charge in [0.2, 0.25) is 17.8 Å². The summed E-state index contributed by atoms with van der Waals surface area (Å²) in [5.41, 5.74) is 3.39. The lowest BCUT2D eigenvalue weighted by molar-refractivity contribution is -0.131. The molecule has 0 aliphatic carbocycles. The Kier molecular flexibility index (Phi) is 6.39. The number of imidazole rings is 1. The number of aromatic nitrogens is 5. The number of rotatable bonds is 8. The van der Waals surface area contributed by atoms with Crippen LogP contribution in [0.2, 0.25) is 0 Å². The largest absolute Gasteiger partial charge is 0.497 e. The van der Waals surface area contributed by atoms with E-state index in [0.29, 0.717) is 35.8 Å². The van der Waals surface area contributed by atoms with Gasteiger partial charge in [0.15, 0.2) is 0 Å². The molecule has 5 rings (SSSR count). The van der Waals surface area contributed by atoms with E-state index < -0.39 is 5.97 Å². The molecule has 0 saturated carbocycles. The fraction of sp³-hybridized carbons (Fsp3) is 0.115. The molecule has 3 aromatic carbocycles. The predicted molar refractivity (Wildman–Crippen MR) is 136 cm³/mol. The maximum atomic E-state index is 11.3. The molecule has 0 atom stereocenters. The van der Waals surface area contributed by atoms with Crippen molar-refractivity contribution < 1.29 is 14.3 Å². The van der Waals surface area contributed by atoms with Gasteiger partial charge in [-0.1, -0.05) is 30.3 Å². The summed E-state index contributed by atoms with van der Waals surface area (Å²) >= 11 is 0. The molecule has 0 radical (unpaired) electrons. The molecule has 0 spiro atoms. The SMILES string of the molecule is COc1ccc(CNc2nc3ccccc3n2-c2ncnc(Nc3cccc(OC(C)=O)c3)n2)cc1. The minimum absolute atomic E-state index is 0.332. The number of hydrogen-bond acceptors (Lipinski definition) is 9. The van der Waals surface area contributed by atoms with E-state index in [9.17, 15) is 4.79 Å². The van der Waals surface area contributed by atoms with Crippen LogP contribution in [0.25, 0.3) is 17.0 Å². The summed E-state index contributed by atoms with van der Waals surface area (Å²) in [4.78, 5) is 29.3. The van der Waals surface area contributed by atoms with Crippen LogP contribution < -0.4 is 20.1 Å². The number of nitrogens with zero attached hydrogens (tertiary/aromatic N) is 5. The van der Waals surface area contributed by atoms with Gasteiger partial charge in [-0.3, -0.25) is 4.79 Å². The van der Waals surface area contributed by atoms with Crippen molar-refractivity contribution in [2.24, 2.45) is 0 Å². The van der Waals surface area contributed by atoms with Gasteiger partial charge in [0.05, 0.1) is 18.1 Å². The maximum Gasteiger partial charge on any atom is 0.308 e. The van der Waals surface area contributed by atoms with Crippen molar-refractivity contribution in [3.63, 3.8) is 0 Å². The Balaban J connectivity index is 1.44. The average molecular weight is 482 g/mol. The topological polar surface area (TPSA) is 116 Å². The summed E-state index contributed by atoms with van der Waals surface area (Å²) in [5, 5.41) is 6.53. The van der Waals surface area contributed by atoms with Gasteiger partial charge in [0.25, 0.3) is 0 Å². The van der Waals surface area contributed by atoms with Gasteiger partial charge in [-0.05, 0) is 42.0 Å². The molecule has 2 aromatic heterocycles. The second-order valence-electron chi connectivity index (χ2n) is 7.82. The molecule has 2 N–H and O–H groups in total. The van der Waals surface area contributed by atoms with Gasteiger partial charge in [-0.15, -0.1) is 0 Å². The average Bonchev–Trinajstić information content (AvgIpc) is 3.26. The Bertz CT molecular complexity index is 1520. The number of benzene rings is 3. The van der Waals surface area contributed by atoms with E-state index in [4.69, 9.17) is 14.5 Å². The van der Waals surface area contributed by atoms with E-state index in [1.165, 1.54) is 13.3 Å². The summed E-state index contributed by atoms with van der Waals surface area (Å²) in [6, 6.07) is 22.6. The lowest BCUT2D eigenvalue weighted by atomic mass is 10.2. The van der Waals surface area contributed by atoms with Crippen molar-refractivity contribution in [2.45, 2.75) is 13.5 Å². The molecule has 2 heterocycles. The predicted octanol–water partition coefficient (Wildman–Crippen LogP) is 4.50. The van der Waals surface area contributed by atoms with Gasteiger partial charge in [-0.25, -0.2) is 19.5 Å². The number of esters is 1. The van der Waals surface area contributed by atoms with Crippen LogP contribution in [0.4, 0.5) is 17.6 Å². The molecule has 0 amide bonds. The van der Waals surface area contributed by atoms with Gasteiger partial charge in [0.1, 0.15) is 17.8 Å². The van der Waals surface area contributed by atoms with Crippen molar-refractivity contribution in [3.8, 4) is 17.4 Å². The molecular formula is C26H23N7O3. The van der Waals surface area contributed by atoms with Crippen LogP contribution in [0.5, 0.6) is 11.5 Å². The summed E-state index contributed by atoms with van der Waals surface area (Å²) in [7, 11) is 1.64. The molecule has 10 heteroatoms. The van der Waals surface area contributed by atoms with Crippen LogP contribution in [0.3, 0.4) is 0 Å². The van der Waals surface area contributed by atoms with Crippen LogP contribution in [-0.4, -0.2) is 37.6 Å². The molecule has 0 aliphatic rings. The Morgan fingerprint density at radius 2 is 1.78 bits per heavy atom. The first-order valence-electron chi connectivity index (χ1n) is 11.2. The summed E-state index contributed by atoms with van der Waals surface area (Å²) in [6.07, 6.45) is 1.43. The first kappa shape index (κ1) is 22.8. The number of carbonyl (C=O) groups is 1. The van der Waals surface area contributed by atoms with Crippen molar-refractivity contribution in [3.05, 3.63) is 84.7 Å². The van der Waals surface area contributed by atoms with Crippen molar-refractivity contribution in [1.29, 1.82) is 0 Å². The third-order valence-corrected chi connectivity index (χ3v) is 5.28. The highest BCUT2D eigenvalue weighted by molar-refractivity contribution is 5.80. The quantitative estimate of drug-likeness (QED) is 0.244. The normalized spacial score (nSPS) is 10.7. The Hall–Kier alpha value is -4.99. The second kappa shape index (κ2) is 10.1. The zero-order valence-electron chi connectivity index (χ0n) is 19.7. The Labute approximate surface area is 207 Å². The van der Waals surface area contributed by atoms with E-state index in [2.05, 4.69) is 25.6 Å². The molecule has 0 unspecified atom stereocenters. The van der Waals surface area contributed by atoms with E-state index in [1.807, 2.05) is 59.2 Å².